The molecule has 134 valence electrons. The van der Waals surface area contributed by atoms with Gasteiger partial charge in [0.2, 0.25) is 0 Å². The van der Waals surface area contributed by atoms with Crippen LogP contribution in [0.4, 0.5) is 0 Å². The Morgan fingerprint density at radius 1 is 1.00 bits per heavy atom. The second-order valence-electron chi connectivity index (χ2n) is 7.01. The lowest BCUT2D eigenvalue weighted by atomic mass is 9.81. The molecule has 0 amide bonds. The molecule has 1 saturated carbocycles. The normalized spacial score (nSPS) is 20.4. The number of ether oxygens (including phenoxy) is 1. The second kappa shape index (κ2) is 8.91. The molecule has 0 atom stereocenters. The van der Waals surface area contributed by atoms with Crippen LogP contribution in [-0.2, 0) is 6.42 Å². The summed E-state index contributed by atoms with van der Waals surface area (Å²) in [4.78, 5) is 0. The Bertz CT molecular complexity index is 645. The first-order valence-electron chi connectivity index (χ1n) is 9.40. The van der Waals surface area contributed by atoms with Crippen molar-refractivity contribution < 1.29 is 9.84 Å². The molecule has 3 heteroatoms. The van der Waals surface area contributed by atoms with E-state index in [-0.39, 0.29) is 0 Å². The molecule has 1 aliphatic rings. The Labute approximate surface area is 151 Å². The Morgan fingerprint density at radius 2 is 1.72 bits per heavy atom. The predicted octanol–water partition coefficient (Wildman–Crippen LogP) is 4.65. The van der Waals surface area contributed by atoms with Gasteiger partial charge < -0.3 is 15.2 Å². The second-order valence-corrected chi connectivity index (χ2v) is 7.01. The molecule has 1 aliphatic carbocycles. The Morgan fingerprint density at radius 3 is 2.40 bits per heavy atom. The molecule has 0 saturated heterocycles. The molecule has 0 aromatic heterocycles. The number of rotatable bonds is 7. The number of methoxy groups -OCH3 is 1. The van der Waals surface area contributed by atoms with Gasteiger partial charge in [-0.1, -0.05) is 30.3 Å². The molecule has 2 aromatic carbocycles. The van der Waals surface area contributed by atoms with Crippen LogP contribution in [0.2, 0.25) is 0 Å². The first-order chi connectivity index (χ1) is 12.3. The van der Waals surface area contributed by atoms with E-state index in [1.165, 1.54) is 18.4 Å². The fourth-order valence-corrected chi connectivity index (χ4v) is 3.83. The summed E-state index contributed by atoms with van der Waals surface area (Å²) in [5.41, 5.74) is 2.49. The molecule has 3 rings (SSSR count). The smallest absolute Gasteiger partial charge is 0.119 e. The molecule has 0 aliphatic heterocycles. The van der Waals surface area contributed by atoms with Crippen molar-refractivity contribution in [1.29, 1.82) is 0 Å². The summed E-state index contributed by atoms with van der Waals surface area (Å²) in [6.45, 7) is 1.07. The zero-order valence-electron chi connectivity index (χ0n) is 15.1. The van der Waals surface area contributed by atoms with Crippen LogP contribution in [-0.4, -0.2) is 24.8 Å². The highest BCUT2D eigenvalue weighted by atomic mass is 16.5. The summed E-state index contributed by atoms with van der Waals surface area (Å²) >= 11 is 0. The summed E-state index contributed by atoms with van der Waals surface area (Å²) in [5, 5.41) is 13.7. The number of aryl methyl sites for hydroxylation is 1. The van der Waals surface area contributed by atoms with Gasteiger partial charge in [-0.3, -0.25) is 0 Å². The maximum Gasteiger partial charge on any atom is 0.119 e. The van der Waals surface area contributed by atoms with Crippen LogP contribution in [0.25, 0.3) is 0 Å². The van der Waals surface area contributed by atoms with E-state index < -0.39 is 0 Å². The topological polar surface area (TPSA) is 41.5 Å². The number of para-hydroxylation sites is 1. The van der Waals surface area contributed by atoms with Crippen LogP contribution >= 0.6 is 0 Å². The largest absolute Gasteiger partial charge is 0.508 e. The molecule has 1 fully saturated rings. The van der Waals surface area contributed by atoms with Crippen LogP contribution < -0.4 is 10.1 Å². The predicted molar refractivity (Wildman–Crippen MR) is 102 cm³/mol. The van der Waals surface area contributed by atoms with E-state index in [1.807, 2.05) is 24.3 Å². The summed E-state index contributed by atoms with van der Waals surface area (Å²) in [6, 6.07) is 16.8. The van der Waals surface area contributed by atoms with Gasteiger partial charge in [-0.2, -0.15) is 0 Å². The minimum Gasteiger partial charge on any atom is -0.508 e. The molecule has 25 heavy (non-hydrogen) atoms. The first-order valence-corrected chi connectivity index (χ1v) is 9.40. The molecule has 0 bridgehead atoms. The van der Waals surface area contributed by atoms with E-state index in [0.29, 0.717) is 17.7 Å². The monoisotopic (exact) mass is 339 g/mol. The lowest BCUT2D eigenvalue weighted by molar-refractivity contribution is 0.336. The van der Waals surface area contributed by atoms with Crippen molar-refractivity contribution in [3.05, 3.63) is 59.7 Å². The molecular formula is C22H29NO2. The highest BCUT2D eigenvalue weighted by Gasteiger charge is 2.23. The van der Waals surface area contributed by atoms with Gasteiger partial charge in [-0.25, -0.2) is 0 Å². The van der Waals surface area contributed by atoms with E-state index in [0.717, 1.165) is 43.5 Å². The Hall–Kier alpha value is -2.00. The molecule has 0 radical (unpaired) electrons. The van der Waals surface area contributed by atoms with Crippen molar-refractivity contribution in [1.82, 2.24) is 5.32 Å². The third-order valence-corrected chi connectivity index (χ3v) is 5.34. The van der Waals surface area contributed by atoms with Gasteiger partial charge >= 0.3 is 0 Å². The van der Waals surface area contributed by atoms with Crippen molar-refractivity contribution >= 4 is 0 Å². The molecular weight excluding hydrogens is 310 g/mol. The van der Waals surface area contributed by atoms with Crippen molar-refractivity contribution in [3.8, 4) is 11.5 Å². The molecule has 3 nitrogen and oxygen atoms in total. The van der Waals surface area contributed by atoms with Gasteiger partial charge in [0, 0.05) is 6.04 Å². The van der Waals surface area contributed by atoms with Crippen molar-refractivity contribution in [2.24, 2.45) is 0 Å². The van der Waals surface area contributed by atoms with Crippen LogP contribution in [0.3, 0.4) is 0 Å². The molecule has 2 aromatic rings. The first kappa shape index (κ1) is 17.8. The lowest BCUT2D eigenvalue weighted by Crippen LogP contribution is -2.33. The lowest BCUT2D eigenvalue weighted by Gasteiger charge is -2.29. The highest BCUT2D eigenvalue weighted by molar-refractivity contribution is 5.35. The summed E-state index contributed by atoms with van der Waals surface area (Å²) in [5.74, 6) is 1.89. The average Bonchev–Trinajstić information content (AvgIpc) is 2.67. The van der Waals surface area contributed by atoms with Crippen molar-refractivity contribution in [3.63, 3.8) is 0 Å². The number of hydrogen-bond acceptors (Lipinski definition) is 3. The van der Waals surface area contributed by atoms with Gasteiger partial charge in [0.15, 0.2) is 0 Å². The quantitative estimate of drug-likeness (QED) is 0.722. The van der Waals surface area contributed by atoms with E-state index in [2.05, 4.69) is 23.5 Å². The number of benzene rings is 2. The third-order valence-electron chi connectivity index (χ3n) is 5.34. The molecule has 0 heterocycles. The summed E-state index contributed by atoms with van der Waals surface area (Å²) in [6.07, 6.45) is 6.97. The van der Waals surface area contributed by atoms with Crippen LogP contribution in [0.5, 0.6) is 11.5 Å². The Kier molecular flexibility index (Phi) is 6.35. The zero-order valence-corrected chi connectivity index (χ0v) is 15.1. The number of phenolic OH excluding ortho intramolecular Hbond substituents is 1. The SMILES string of the molecule is COc1ccc(CCCNC2CCC(c3ccccc3O)CC2)cc1. The van der Waals surface area contributed by atoms with Gasteiger partial charge in [-0.15, -0.1) is 0 Å². The number of nitrogens with one attached hydrogen (secondary N) is 1. The Balaban J connectivity index is 1.36. The number of phenols is 1. The number of hydrogen-bond donors (Lipinski definition) is 2. The zero-order chi connectivity index (χ0) is 17.5. The fourth-order valence-electron chi connectivity index (χ4n) is 3.83. The van der Waals surface area contributed by atoms with E-state index in [1.54, 1.807) is 13.2 Å². The average molecular weight is 339 g/mol. The number of aromatic hydroxyl groups is 1. The maximum absolute atomic E-state index is 10.0. The van der Waals surface area contributed by atoms with Gasteiger partial charge in [-0.05, 0) is 80.3 Å². The standard InChI is InChI=1S/C22H29NO2/c1-25-20-14-8-17(9-15-20)5-4-16-23-19-12-10-18(11-13-19)21-6-2-3-7-22(21)24/h2-3,6-9,14-15,18-19,23-24H,4-5,10-13,16H2,1H3. The van der Waals surface area contributed by atoms with E-state index >= 15 is 0 Å². The van der Waals surface area contributed by atoms with Crippen molar-refractivity contribution in [2.75, 3.05) is 13.7 Å². The van der Waals surface area contributed by atoms with Crippen molar-refractivity contribution in [2.45, 2.75) is 50.5 Å². The third kappa shape index (κ3) is 4.99. The molecule has 2 N–H and O–H groups in total. The minimum absolute atomic E-state index is 0.457. The molecule has 0 spiro atoms. The van der Waals surface area contributed by atoms with Crippen LogP contribution in [0, 0.1) is 0 Å². The fraction of sp³-hybridized carbons (Fsp3) is 0.455. The van der Waals surface area contributed by atoms with Gasteiger partial charge in [0.05, 0.1) is 7.11 Å². The van der Waals surface area contributed by atoms with Crippen LogP contribution in [0.1, 0.15) is 49.1 Å². The maximum atomic E-state index is 10.0. The van der Waals surface area contributed by atoms with Gasteiger partial charge in [0.25, 0.3) is 0 Å². The summed E-state index contributed by atoms with van der Waals surface area (Å²) < 4.78 is 5.19. The highest BCUT2D eigenvalue weighted by Crippen LogP contribution is 2.36. The molecule has 0 unspecified atom stereocenters. The van der Waals surface area contributed by atoms with Crippen LogP contribution in [0.15, 0.2) is 48.5 Å². The minimum atomic E-state index is 0.457. The summed E-state index contributed by atoms with van der Waals surface area (Å²) in [7, 11) is 1.70. The van der Waals surface area contributed by atoms with E-state index in [4.69, 9.17) is 4.74 Å². The van der Waals surface area contributed by atoms with Gasteiger partial charge in [0.1, 0.15) is 11.5 Å². The van der Waals surface area contributed by atoms with E-state index in [9.17, 15) is 5.11 Å².